The summed E-state index contributed by atoms with van der Waals surface area (Å²) in [7, 11) is 0. The summed E-state index contributed by atoms with van der Waals surface area (Å²) in [5, 5.41) is 23.1. The van der Waals surface area contributed by atoms with Crippen molar-refractivity contribution < 1.29 is 24.5 Å². The zero-order chi connectivity index (χ0) is 46.5. The molecule has 0 aromatic rings. The number of unbranched alkanes of at least 4 members (excludes halogenated alkanes) is 43. The zero-order valence-electron chi connectivity index (χ0n) is 43.3. The van der Waals surface area contributed by atoms with Crippen LogP contribution in [0.1, 0.15) is 322 Å². The molecule has 3 N–H and O–H groups in total. The first-order valence-electron chi connectivity index (χ1n) is 29.0. The minimum atomic E-state index is -0.849. The van der Waals surface area contributed by atoms with Crippen LogP contribution in [0.3, 0.4) is 0 Å². The van der Waals surface area contributed by atoms with Gasteiger partial charge in [0.1, 0.15) is 0 Å². The van der Waals surface area contributed by atoms with Crippen LogP contribution in [0.15, 0.2) is 12.2 Å². The van der Waals surface area contributed by atoms with E-state index in [1.807, 2.05) is 6.08 Å². The van der Waals surface area contributed by atoms with E-state index in [2.05, 4.69) is 19.2 Å². The highest BCUT2D eigenvalue weighted by Crippen LogP contribution is 2.17. The minimum absolute atomic E-state index is 0.00244. The number of carbonyl (C=O) groups is 2. The molecule has 0 saturated carbocycles. The predicted molar refractivity (Wildman–Crippen MR) is 278 cm³/mol. The van der Waals surface area contributed by atoms with E-state index in [9.17, 15) is 19.8 Å². The van der Waals surface area contributed by atoms with Crippen LogP contribution in [-0.4, -0.2) is 47.4 Å². The Morgan fingerprint density at radius 1 is 0.422 bits per heavy atom. The Bertz CT molecular complexity index is 955. The molecule has 0 heterocycles. The molecule has 0 aromatic carbocycles. The molecule has 0 spiro atoms. The summed E-state index contributed by atoms with van der Waals surface area (Å²) in [4.78, 5) is 24.5. The van der Waals surface area contributed by atoms with Gasteiger partial charge in [-0.25, -0.2) is 0 Å². The number of aliphatic hydroxyl groups excluding tert-OH is 2. The Balaban J connectivity index is 3.45. The van der Waals surface area contributed by atoms with E-state index >= 15 is 0 Å². The van der Waals surface area contributed by atoms with Crippen LogP contribution >= 0.6 is 0 Å². The maximum absolute atomic E-state index is 12.5. The number of ether oxygens (including phenoxy) is 1. The molecule has 0 radical (unpaired) electrons. The summed E-state index contributed by atoms with van der Waals surface area (Å²) in [5.41, 5.74) is 0. The standard InChI is InChI=1S/C58H113NO5/c1-3-5-7-9-11-13-15-17-19-20-21-23-26-30-34-38-42-46-50-56(61)55(54-60)59-57(62)51-47-43-39-35-31-27-24-22-25-29-33-37-41-45-49-53-64-58(63)52-48-44-40-36-32-28-18-16-14-12-10-8-6-4-2/h46,50,55-56,60-61H,3-45,47-49,51-54H2,1-2H3,(H,59,62)/b50-46+. The van der Waals surface area contributed by atoms with Gasteiger partial charge in [-0.15, -0.1) is 0 Å². The summed E-state index contributed by atoms with van der Waals surface area (Å²) in [6, 6.07) is -0.633. The average molecular weight is 905 g/mol. The van der Waals surface area contributed by atoms with Gasteiger partial charge < -0.3 is 20.3 Å². The van der Waals surface area contributed by atoms with Gasteiger partial charge in [-0.1, -0.05) is 289 Å². The lowest BCUT2D eigenvalue weighted by atomic mass is 10.0. The molecule has 2 atom stereocenters. The summed E-state index contributed by atoms with van der Waals surface area (Å²) in [6.07, 6.45) is 63.7. The van der Waals surface area contributed by atoms with E-state index in [0.717, 1.165) is 44.9 Å². The lowest BCUT2D eigenvalue weighted by Gasteiger charge is -2.20. The van der Waals surface area contributed by atoms with Crippen molar-refractivity contribution in [3.8, 4) is 0 Å². The topological polar surface area (TPSA) is 95.9 Å². The largest absolute Gasteiger partial charge is 0.466 e. The first-order chi connectivity index (χ1) is 31.5. The highest BCUT2D eigenvalue weighted by Gasteiger charge is 2.18. The number of nitrogens with one attached hydrogen (secondary N) is 1. The fraction of sp³-hybridized carbons (Fsp3) is 0.931. The minimum Gasteiger partial charge on any atom is -0.466 e. The number of hydrogen-bond acceptors (Lipinski definition) is 5. The monoisotopic (exact) mass is 904 g/mol. The first-order valence-corrected chi connectivity index (χ1v) is 29.0. The van der Waals surface area contributed by atoms with Crippen LogP contribution < -0.4 is 5.32 Å². The third kappa shape index (κ3) is 50.0. The third-order valence-electron chi connectivity index (χ3n) is 13.6. The van der Waals surface area contributed by atoms with E-state index in [1.54, 1.807) is 6.08 Å². The van der Waals surface area contributed by atoms with Crippen LogP contribution in [0, 0.1) is 0 Å². The van der Waals surface area contributed by atoms with E-state index in [0.29, 0.717) is 19.4 Å². The lowest BCUT2D eigenvalue weighted by Crippen LogP contribution is -2.45. The van der Waals surface area contributed by atoms with E-state index in [-0.39, 0.29) is 18.5 Å². The number of carbonyl (C=O) groups excluding carboxylic acids is 2. The highest BCUT2D eigenvalue weighted by atomic mass is 16.5. The summed E-state index contributed by atoms with van der Waals surface area (Å²) in [6.45, 7) is 4.91. The second kappa shape index (κ2) is 54.2. The van der Waals surface area contributed by atoms with Gasteiger partial charge in [0.2, 0.25) is 5.91 Å². The molecule has 0 aromatic heterocycles. The fourth-order valence-corrected chi connectivity index (χ4v) is 9.11. The Kier molecular flexibility index (Phi) is 53.0. The molecule has 0 aliphatic heterocycles. The van der Waals surface area contributed by atoms with Gasteiger partial charge in [-0.2, -0.15) is 0 Å². The van der Waals surface area contributed by atoms with Gasteiger partial charge >= 0.3 is 5.97 Å². The Hall–Kier alpha value is -1.40. The lowest BCUT2D eigenvalue weighted by molar-refractivity contribution is -0.143. The Morgan fingerprint density at radius 2 is 0.719 bits per heavy atom. The van der Waals surface area contributed by atoms with Crippen molar-refractivity contribution in [2.24, 2.45) is 0 Å². The molecular weight excluding hydrogens is 791 g/mol. The molecule has 0 bridgehead atoms. The van der Waals surface area contributed by atoms with Crippen molar-refractivity contribution in [3.05, 3.63) is 12.2 Å². The number of hydrogen-bond donors (Lipinski definition) is 3. The SMILES string of the molecule is CCCCCCCCCCCCCCCCCC/C=C/C(O)C(CO)NC(=O)CCCCCCCCCCCCCCCCCOC(=O)CCCCCCCCCCCCCCCC. The zero-order valence-corrected chi connectivity index (χ0v) is 43.3. The Morgan fingerprint density at radius 3 is 1.06 bits per heavy atom. The van der Waals surface area contributed by atoms with E-state index in [1.165, 1.54) is 250 Å². The molecule has 64 heavy (non-hydrogen) atoms. The van der Waals surface area contributed by atoms with Crippen molar-refractivity contribution in [2.45, 2.75) is 334 Å². The molecule has 380 valence electrons. The highest BCUT2D eigenvalue weighted by molar-refractivity contribution is 5.76. The van der Waals surface area contributed by atoms with Crippen LogP contribution in [0.5, 0.6) is 0 Å². The average Bonchev–Trinajstić information content (AvgIpc) is 3.29. The normalized spacial score (nSPS) is 12.6. The van der Waals surface area contributed by atoms with Gasteiger partial charge in [-0.05, 0) is 32.1 Å². The van der Waals surface area contributed by atoms with Crippen molar-refractivity contribution in [1.82, 2.24) is 5.32 Å². The molecular formula is C58H113NO5. The van der Waals surface area contributed by atoms with Crippen LogP contribution in [-0.2, 0) is 14.3 Å². The third-order valence-corrected chi connectivity index (χ3v) is 13.6. The number of amides is 1. The van der Waals surface area contributed by atoms with Crippen LogP contribution in [0.4, 0.5) is 0 Å². The molecule has 0 fully saturated rings. The van der Waals surface area contributed by atoms with Crippen molar-refractivity contribution in [1.29, 1.82) is 0 Å². The molecule has 0 rings (SSSR count). The van der Waals surface area contributed by atoms with Gasteiger partial charge in [0.25, 0.3) is 0 Å². The molecule has 6 nitrogen and oxygen atoms in total. The Labute approximate surface area is 399 Å². The maximum atomic E-state index is 12.5. The van der Waals surface area contributed by atoms with Gasteiger partial charge in [0.05, 0.1) is 25.4 Å². The van der Waals surface area contributed by atoms with E-state index < -0.39 is 12.1 Å². The number of aliphatic hydroxyl groups is 2. The molecule has 0 aliphatic rings. The predicted octanol–water partition coefficient (Wildman–Crippen LogP) is 17.7. The molecule has 1 amide bonds. The second-order valence-electron chi connectivity index (χ2n) is 20.0. The summed E-state index contributed by atoms with van der Waals surface area (Å²) < 4.78 is 5.47. The molecule has 2 unspecified atom stereocenters. The van der Waals surface area contributed by atoms with Gasteiger partial charge in [0.15, 0.2) is 0 Å². The van der Waals surface area contributed by atoms with Crippen molar-refractivity contribution >= 4 is 11.9 Å². The van der Waals surface area contributed by atoms with Crippen LogP contribution in [0.25, 0.3) is 0 Å². The maximum Gasteiger partial charge on any atom is 0.305 e. The fourth-order valence-electron chi connectivity index (χ4n) is 9.11. The van der Waals surface area contributed by atoms with Crippen molar-refractivity contribution in [2.75, 3.05) is 13.2 Å². The van der Waals surface area contributed by atoms with E-state index in [4.69, 9.17) is 4.74 Å². The van der Waals surface area contributed by atoms with Crippen molar-refractivity contribution in [3.63, 3.8) is 0 Å². The smallest absolute Gasteiger partial charge is 0.305 e. The van der Waals surface area contributed by atoms with Gasteiger partial charge in [0, 0.05) is 12.8 Å². The quantitative estimate of drug-likeness (QED) is 0.0321. The number of allylic oxidation sites excluding steroid dienone is 1. The van der Waals surface area contributed by atoms with Crippen LogP contribution in [0.2, 0.25) is 0 Å². The number of rotatable bonds is 54. The molecule has 0 saturated heterocycles. The number of esters is 1. The summed E-state index contributed by atoms with van der Waals surface area (Å²) >= 11 is 0. The molecule has 6 heteroatoms. The molecule has 0 aliphatic carbocycles. The summed E-state index contributed by atoms with van der Waals surface area (Å²) in [5.74, 6) is -0.0711. The van der Waals surface area contributed by atoms with Gasteiger partial charge in [-0.3, -0.25) is 9.59 Å². The second-order valence-corrected chi connectivity index (χ2v) is 20.0. The first kappa shape index (κ1) is 62.6.